The maximum Gasteiger partial charge on any atom is 0.410 e. The number of ether oxygens (including phenoxy) is 1. The summed E-state index contributed by atoms with van der Waals surface area (Å²) in [6.07, 6.45) is -0.338. The lowest BCUT2D eigenvalue weighted by Crippen LogP contribution is -2.38. The Morgan fingerprint density at radius 2 is 2.00 bits per heavy atom. The Kier molecular flexibility index (Phi) is 2.42. The van der Waals surface area contributed by atoms with Crippen molar-refractivity contribution in [2.24, 2.45) is 17.3 Å². The van der Waals surface area contributed by atoms with Crippen LogP contribution >= 0.6 is 0 Å². The Morgan fingerprint density at radius 3 is 2.35 bits per heavy atom. The summed E-state index contributed by atoms with van der Waals surface area (Å²) in [5.41, 5.74) is -0.750. The summed E-state index contributed by atoms with van der Waals surface area (Å²) in [5.74, 6) is -0.949. The smallest absolute Gasteiger partial charge is 0.410 e. The number of carbonyl (C=O) groups excluding carboxylic acids is 1. The van der Waals surface area contributed by atoms with Crippen LogP contribution in [-0.4, -0.2) is 40.8 Å². The van der Waals surface area contributed by atoms with E-state index in [0.29, 0.717) is 13.1 Å². The Labute approximate surface area is 101 Å². The first kappa shape index (κ1) is 12.2. The summed E-state index contributed by atoms with van der Waals surface area (Å²) in [6.45, 7) is 8.39. The molecule has 0 unspecified atom stereocenters. The number of carboxylic acid groups (broad SMARTS) is 1. The average Bonchev–Trinajstić information content (AvgIpc) is 2.52. The van der Waals surface area contributed by atoms with Gasteiger partial charge in [0.2, 0.25) is 0 Å². The summed E-state index contributed by atoms with van der Waals surface area (Å²) in [7, 11) is 0. The predicted octanol–water partition coefficient (Wildman–Crippen LogP) is 1.57. The fourth-order valence-electron chi connectivity index (χ4n) is 2.82. The van der Waals surface area contributed by atoms with Crippen molar-refractivity contribution in [3.63, 3.8) is 0 Å². The molecule has 2 fully saturated rings. The number of hydrogen-bond acceptors (Lipinski definition) is 3. The van der Waals surface area contributed by atoms with Crippen LogP contribution in [0.2, 0.25) is 0 Å². The number of piperidine rings is 1. The third-order valence-corrected chi connectivity index (χ3v) is 3.72. The molecule has 1 saturated carbocycles. The highest BCUT2D eigenvalue weighted by atomic mass is 16.6. The third kappa shape index (κ3) is 1.98. The molecule has 1 amide bonds. The molecule has 0 aromatic carbocycles. The second-order valence-corrected chi connectivity index (χ2v) is 6.29. The van der Waals surface area contributed by atoms with Crippen molar-refractivity contribution in [3.8, 4) is 0 Å². The minimum atomic E-state index is -0.749. The molecule has 1 N–H and O–H groups in total. The fourth-order valence-corrected chi connectivity index (χ4v) is 2.82. The summed E-state index contributed by atoms with van der Waals surface area (Å²) < 4.78 is 5.27. The normalized spacial score (nSPS) is 35.4. The van der Waals surface area contributed by atoms with Gasteiger partial charge in [-0.25, -0.2) is 4.79 Å². The van der Waals surface area contributed by atoms with Crippen molar-refractivity contribution in [1.82, 2.24) is 4.90 Å². The van der Waals surface area contributed by atoms with E-state index in [1.54, 1.807) is 4.90 Å². The van der Waals surface area contributed by atoms with Crippen molar-refractivity contribution in [2.75, 3.05) is 13.1 Å². The third-order valence-electron chi connectivity index (χ3n) is 3.72. The van der Waals surface area contributed by atoms with Crippen molar-refractivity contribution in [1.29, 1.82) is 0 Å². The topological polar surface area (TPSA) is 66.8 Å². The number of carbonyl (C=O) groups is 2. The molecule has 2 rings (SSSR count). The van der Waals surface area contributed by atoms with Crippen LogP contribution in [0, 0.1) is 17.3 Å². The number of carboxylic acids is 1. The summed E-state index contributed by atoms with van der Waals surface area (Å²) in [5, 5.41) is 9.00. The predicted molar refractivity (Wildman–Crippen MR) is 60.5 cm³/mol. The van der Waals surface area contributed by atoms with Gasteiger partial charge in [0.1, 0.15) is 5.60 Å². The van der Waals surface area contributed by atoms with E-state index in [1.165, 1.54) is 0 Å². The number of fused-ring (bicyclic) bond motifs is 1. The molecule has 5 heteroatoms. The van der Waals surface area contributed by atoms with Gasteiger partial charge in [0.25, 0.3) is 0 Å². The molecule has 5 nitrogen and oxygen atoms in total. The Balaban J connectivity index is 1.94. The average molecular weight is 241 g/mol. The van der Waals surface area contributed by atoms with Crippen LogP contribution in [0.15, 0.2) is 0 Å². The van der Waals surface area contributed by atoms with Gasteiger partial charge in [-0.3, -0.25) is 4.79 Å². The van der Waals surface area contributed by atoms with Crippen LogP contribution in [0.5, 0.6) is 0 Å². The van der Waals surface area contributed by atoms with Crippen LogP contribution in [-0.2, 0) is 9.53 Å². The number of likely N-dealkylation sites (tertiary alicyclic amines) is 1. The highest BCUT2D eigenvalue weighted by Gasteiger charge is 2.70. The number of hydrogen-bond donors (Lipinski definition) is 1. The zero-order chi connectivity index (χ0) is 13.0. The largest absolute Gasteiger partial charge is 0.481 e. The Morgan fingerprint density at radius 1 is 1.41 bits per heavy atom. The maximum absolute atomic E-state index is 11.8. The monoisotopic (exact) mass is 241 g/mol. The second-order valence-electron chi connectivity index (χ2n) is 6.29. The number of nitrogens with zero attached hydrogens (tertiary/aromatic N) is 1. The highest BCUT2D eigenvalue weighted by Crippen LogP contribution is 2.63. The summed E-state index contributed by atoms with van der Waals surface area (Å²) >= 11 is 0. The van der Waals surface area contributed by atoms with E-state index >= 15 is 0 Å². The molecule has 1 aliphatic carbocycles. The lowest BCUT2D eigenvalue weighted by Gasteiger charge is -2.26. The molecule has 2 aliphatic rings. The standard InChI is InChI=1S/C12H19NO4/c1-11(2,3)17-10(16)13-5-7-8(9(14)15)12(7,4)6-13/h7-8H,5-6H2,1-4H3,(H,14,15)/t7-,8-,12-/m1/s1. The maximum atomic E-state index is 11.8. The Hall–Kier alpha value is -1.26. The molecule has 1 saturated heterocycles. The summed E-state index contributed by atoms with van der Waals surface area (Å²) in [4.78, 5) is 24.4. The molecule has 0 bridgehead atoms. The first-order valence-electron chi connectivity index (χ1n) is 5.86. The van der Waals surface area contributed by atoms with Gasteiger partial charge in [0.15, 0.2) is 0 Å². The van der Waals surface area contributed by atoms with Crippen LogP contribution in [0.3, 0.4) is 0 Å². The molecular formula is C12H19NO4. The van der Waals surface area contributed by atoms with Crippen LogP contribution in [0.25, 0.3) is 0 Å². The molecule has 0 aromatic rings. The van der Waals surface area contributed by atoms with Gasteiger partial charge in [-0.1, -0.05) is 6.92 Å². The first-order valence-corrected chi connectivity index (χ1v) is 5.86. The lowest BCUT2D eigenvalue weighted by atomic mass is 10.1. The molecular weight excluding hydrogens is 222 g/mol. The second kappa shape index (κ2) is 3.37. The van der Waals surface area contributed by atoms with Crippen LogP contribution in [0.1, 0.15) is 27.7 Å². The van der Waals surface area contributed by atoms with E-state index < -0.39 is 11.6 Å². The first-order chi connectivity index (χ1) is 7.65. The van der Waals surface area contributed by atoms with Gasteiger partial charge >= 0.3 is 12.1 Å². The van der Waals surface area contributed by atoms with E-state index in [2.05, 4.69) is 0 Å². The van der Waals surface area contributed by atoms with Gasteiger partial charge in [-0.2, -0.15) is 0 Å². The minimum Gasteiger partial charge on any atom is -0.481 e. The van der Waals surface area contributed by atoms with Crippen molar-refractivity contribution >= 4 is 12.1 Å². The zero-order valence-corrected chi connectivity index (χ0v) is 10.7. The van der Waals surface area contributed by atoms with Crippen molar-refractivity contribution in [2.45, 2.75) is 33.3 Å². The van der Waals surface area contributed by atoms with Crippen molar-refractivity contribution in [3.05, 3.63) is 0 Å². The van der Waals surface area contributed by atoms with E-state index in [9.17, 15) is 9.59 Å². The van der Waals surface area contributed by atoms with Gasteiger partial charge in [-0.15, -0.1) is 0 Å². The molecule has 1 heterocycles. The van der Waals surface area contributed by atoms with Crippen LogP contribution in [0.4, 0.5) is 4.79 Å². The molecule has 17 heavy (non-hydrogen) atoms. The Bertz CT molecular complexity index is 373. The molecule has 0 spiro atoms. The molecule has 3 atom stereocenters. The highest BCUT2D eigenvalue weighted by molar-refractivity contribution is 5.78. The van der Waals surface area contributed by atoms with Gasteiger partial charge in [-0.05, 0) is 26.7 Å². The fraction of sp³-hybridized carbons (Fsp3) is 0.833. The molecule has 1 aliphatic heterocycles. The van der Waals surface area contributed by atoms with Crippen molar-refractivity contribution < 1.29 is 19.4 Å². The number of amides is 1. The van der Waals surface area contributed by atoms with E-state index in [1.807, 2.05) is 27.7 Å². The minimum absolute atomic E-state index is 0.0903. The zero-order valence-electron chi connectivity index (χ0n) is 10.7. The van der Waals surface area contributed by atoms with Gasteiger partial charge in [0, 0.05) is 18.5 Å². The molecule has 0 aromatic heterocycles. The molecule has 96 valence electrons. The summed E-state index contributed by atoms with van der Waals surface area (Å²) in [6, 6.07) is 0. The number of aliphatic carboxylic acids is 1. The van der Waals surface area contributed by atoms with E-state index in [-0.39, 0.29) is 23.3 Å². The SMILES string of the molecule is CC(C)(C)OC(=O)N1C[C@@H]2[C@H](C(=O)O)[C@]2(C)C1. The lowest BCUT2D eigenvalue weighted by molar-refractivity contribution is -0.140. The quantitative estimate of drug-likeness (QED) is 0.756. The number of rotatable bonds is 1. The van der Waals surface area contributed by atoms with Gasteiger partial charge < -0.3 is 14.7 Å². The van der Waals surface area contributed by atoms with E-state index in [0.717, 1.165) is 0 Å². The molecule has 0 radical (unpaired) electrons. The van der Waals surface area contributed by atoms with Crippen LogP contribution < -0.4 is 0 Å². The van der Waals surface area contributed by atoms with E-state index in [4.69, 9.17) is 9.84 Å². The van der Waals surface area contributed by atoms with Gasteiger partial charge in [0.05, 0.1) is 5.92 Å².